The van der Waals surface area contributed by atoms with Crippen molar-refractivity contribution in [2.24, 2.45) is 0 Å². The summed E-state index contributed by atoms with van der Waals surface area (Å²) in [5.41, 5.74) is 0.608. The fourth-order valence-corrected chi connectivity index (χ4v) is 2.51. The molecule has 0 heterocycles. The number of carbonyl (C=O) groups is 2. The van der Waals surface area contributed by atoms with E-state index in [0.29, 0.717) is 18.8 Å². The zero-order valence-electron chi connectivity index (χ0n) is 13.7. The summed E-state index contributed by atoms with van der Waals surface area (Å²) >= 11 is 0. The van der Waals surface area contributed by atoms with E-state index in [4.69, 9.17) is 0 Å². The Bertz CT molecular complexity index is 816. The first-order valence-corrected chi connectivity index (χ1v) is 7.66. The highest BCUT2D eigenvalue weighted by Gasteiger charge is 2.21. The van der Waals surface area contributed by atoms with Gasteiger partial charge in [-0.2, -0.15) is 0 Å². The first kappa shape index (κ1) is 18.0. The molecule has 0 unspecified atom stereocenters. The Morgan fingerprint density at radius 2 is 1.60 bits per heavy atom. The molecule has 0 radical (unpaired) electrons. The van der Waals surface area contributed by atoms with Gasteiger partial charge in [0.2, 0.25) is 0 Å². The second-order valence-corrected chi connectivity index (χ2v) is 5.36. The van der Waals surface area contributed by atoms with Gasteiger partial charge in [0.05, 0.1) is 11.1 Å². The summed E-state index contributed by atoms with van der Waals surface area (Å²) in [6, 6.07) is 10.6. The Morgan fingerprint density at radius 1 is 0.960 bits per heavy atom. The van der Waals surface area contributed by atoms with E-state index in [1.807, 2.05) is 4.90 Å². The summed E-state index contributed by atoms with van der Waals surface area (Å²) in [5, 5.41) is 19.4. The van der Waals surface area contributed by atoms with Gasteiger partial charge in [0.25, 0.3) is 0 Å². The van der Waals surface area contributed by atoms with Crippen LogP contribution in [0.15, 0.2) is 67.8 Å². The van der Waals surface area contributed by atoms with Crippen LogP contribution in [0.3, 0.4) is 0 Å². The minimum atomic E-state index is -1.21. The monoisotopic (exact) mass is 337 g/mol. The minimum absolute atomic E-state index is 0.0231. The molecule has 0 fully saturated rings. The van der Waals surface area contributed by atoms with Crippen LogP contribution in [-0.2, 0) is 0 Å². The summed E-state index contributed by atoms with van der Waals surface area (Å²) in [6.45, 7) is 8.40. The summed E-state index contributed by atoms with van der Waals surface area (Å²) in [6.07, 6.45) is 3.40. The van der Waals surface area contributed by atoms with Crippen molar-refractivity contribution in [3.63, 3.8) is 0 Å². The number of aromatic carboxylic acids is 1. The van der Waals surface area contributed by atoms with Crippen molar-refractivity contribution in [1.29, 1.82) is 0 Å². The number of hydrogen-bond acceptors (Lipinski definition) is 4. The smallest absolute Gasteiger partial charge is 0.336 e. The highest BCUT2D eigenvalue weighted by molar-refractivity contribution is 6.15. The van der Waals surface area contributed by atoms with Crippen LogP contribution >= 0.6 is 0 Å². The maximum atomic E-state index is 12.7. The average molecular weight is 337 g/mol. The van der Waals surface area contributed by atoms with Crippen LogP contribution in [0.25, 0.3) is 0 Å². The lowest BCUT2D eigenvalue weighted by atomic mass is 9.97. The van der Waals surface area contributed by atoms with Gasteiger partial charge < -0.3 is 15.1 Å². The lowest BCUT2D eigenvalue weighted by Crippen LogP contribution is -2.23. The number of rotatable bonds is 8. The quantitative estimate of drug-likeness (QED) is 0.569. The van der Waals surface area contributed by atoms with Crippen molar-refractivity contribution < 1.29 is 19.8 Å². The largest absolute Gasteiger partial charge is 0.507 e. The number of phenolic OH excluding ortho intramolecular Hbond substituents is 1. The molecule has 0 atom stereocenters. The standard InChI is InChI=1S/C20H19NO4/c1-3-11-21(12-4-2)14-9-10-15(17(13-14)20(24)25)19(23)16-7-5-6-8-18(16)22/h3-10,13,22H,1-2,11-12H2,(H,24,25). The van der Waals surface area contributed by atoms with E-state index in [2.05, 4.69) is 13.2 Å². The van der Waals surface area contributed by atoms with Crippen LogP contribution in [0.5, 0.6) is 5.75 Å². The van der Waals surface area contributed by atoms with E-state index < -0.39 is 11.8 Å². The Kier molecular flexibility index (Phi) is 5.74. The highest BCUT2D eigenvalue weighted by Crippen LogP contribution is 2.25. The van der Waals surface area contributed by atoms with E-state index in [1.165, 1.54) is 24.3 Å². The maximum Gasteiger partial charge on any atom is 0.336 e. The van der Waals surface area contributed by atoms with E-state index in [0.717, 1.165) is 0 Å². The molecule has 2 aromatic rings. The third-order valence-corrected chi connectivity index (χ3v) is 3.69. The maximum absolute atomic E-state index is 12.7. The molecule has 25 heavy (non-hydrogen) atoms. The molecule has 0 saturated carbocycles. The number of nitrogens with zero attached hydrogens (tertiary/aromatic N) is 1. The molecule has 5 nitrogen and oxygen atoms in total. The fourth-order valence-electron chi connectivity index (χ4n) is 2.51. The number of benzene rings is 2. The molecule has 0 aromatic heterocycles. The second-order valence-electron chi connectivity index (χ2n) is 5.36. The number of carboxylic acids is 1. The third-order valence-electron chi connectivity index (χ3n) is 3.69. The number of hydrogen-bond donors (Lipinski definition) is 2. The normalized spacial score (nSPS) is 10.1. The van der Waals surface area contributed by atoms with Gasteiger partial charge in [0.1, 0.15) is 5.75 Å². The summed E-state index contributed by atoms with van der Waals surface area (Å²) in [7, 11) is 0. The lowest BCUT2D eigenvalue weighted by Gasteiger charge is -2.22. The van der Waals surface area contributed by atoms with Gasteiger partial charge in [-0.3, -0.25) is 4.79 Å². The Hall–Kier alpha value is -3.34. The van der Waals surface area contributed by atoms with Crippen molar-refractivity contribution >= 4 is 17.4 Å². The van der Waals surface area contributed by atoms with Gasteiger partial charge in [-0.15, -0.1) is 13.2 Å². The molecule has 0 saturated heterocycles. The Labute approximate surface area is 146 Å². The van der Waals surface area contributed by atoms with Crippen LogP contribution < -0.4 is 4.90 Å². The van der Waals surface area contributed by atoms with E-state index in [-0.39, 0.29) is 22.4 Å². The second kappa shape index (κ2) is 7.97. The van der Waals surface area contributed by atoms with Gasteiger partial charge in [-0.1, -0.05) is 24.3 Å². The first-order valence-electron chi connectivity index (χ1n) is 7.66. The van der Waals surface area contributed by atoms with Gasteiger partial charge in [-0.25, -0.2) is 4.79 Å². The highest BCUT2D eigenvalue weighted by atomic mass is 16.4. The van der Waals surface area contributed by atoms with Crippen LogP contribution in [0.4, 0.5) is 5.69 Å². The summed E-state index contributed by atoms with van der Waals surface area (Å²) < 4.78 is 0. The minimum Gasteiger partial charge on any atom is -0.507 e. The van der Waals surface area contributed by atoms with E-state index in [1.54, 1.807) is 30.4 Å². The number of aromatic hydroxyl groups is 1. The molecule has 0 spiro atoms. The zero-order valence-corrected chi connectivity index (χ0v) is 13.7. The Balaban J connectivity index is 2.51. The van der Waals surface area contributed by atoms with Crippen molar-refractivity contribution in [1.82, 2.24) is 0 Å². The molecule has 2 aromatic carbocycles. The molecule has 0 aliphatic rings. The summed E-state index contributed by atoms with van der Waals surface area (Å²) in [4.78, 5) is 26.2. The van der Waals surface area contributed by atoms with E-state index >= 15 is 0 Å². The molecular weight excluding hydrogens is 318 g/mol. The molecule has 2 rings (SSSR count). The van der Waals surface area contributed by atoms with Crippen molar-refractivity contribution in [3.05, 3.63) is 84.5 Å². The Morgan fingerprint density at radius 3 is 2.16 bits per heavy atom. The van der Waals surface area contributed by atoms with Gasteiger partial charge in [0.15, 0.2) is 5.78 Å². The predicted molar refractivity (Wildman–Crippen MR) is 97.5 cm³/mol. The van der Waals surface area contributed by atoms with Crippen molar-refractivity contribution in [2.45, 2.75) is 0 Å². The predicted octanol–water partition coefficient (Wildman–Crippen LogP) is 3.50. The first-order chi connectivity index (χ1) is 12.0. The number of para-hydroxylation sites is 1. The SMILES string of the molecule is C=CCN(CC=C)c1ccc(C(=O)c2ccccc2O)c(C(=O)O)c1. The van der Waals surface area contributed by atoms with Crippen molar-refractivity contribution in [3.8, 4) is 5.75 Å². The molecule has 128 valence electrons. The number of anilines is 1. The number of ketones is 1. The van der Waals surface area contributed by atoms with Crippen LogP contribution in [-0.4, -0.2) is 35.1 Å². The molecule has 0 amide bonds. The molecule has 5 heteroatoms. The molecule has 0 aliphatic heterocycles. The fraction of sp³-hybridized carbons (Fsp3) is 0.100. The van der Waals surface area contributed by atoms with Crippen molar-refractivity contribution in [2.75, 3.05) is 18.0 Å². The summed E-state index contributed by atoms with van der Waals surface area (Å²) in [5.74, 6) is -1.94. The van der Waals surface area contributed by atoms with Crippen LogP contribution in [0.1, 0.15) is 26.3 Å². The molecule has 0 bridgehead atoms. The number of carboxylic acid groups (broad SMARTS) is 1. The average Bonchev–Trinajstić information content (AvgIpc) is 2.61. The van der Waals surface area contributed by atoms with Crippen LogP contribution in [0, 0.1) is 0 Å². The third kappa shape index (κ3) is 3.95. The van der Waals surface area contributed by atoms with E-state index in [9.17, 15) is 19.8 Å². The number of phenols is 1. The van der Waals surface area contributed by atoms with Gasteiger partial charge in [0, 0.05) is 24.3 Å². The number of carbonyl (C=O) groups excluding carboxylic acids is 1. The van der Waals surface area contributed by atoms with Crippen LogP contribution in [0.2, 0.25) is 0 Å². The zero-order chi connectivity index (χ0) is 18.4. The van der Waals surface area contributed by atoms with Gasteiger partial charge >= 0.3 is 5.97 Å². The lowest BCUT2D eigenvalue weighted by molar-refractivity contribution is 0.0692. The molecule has 2 N–H and O–H groups in total. The van der Waals surface area contributed by atoms with Gasteiger partial charge in [-0.05, 0) is 30.3 Å². The molecular formula is C20H19NO4. The topological polar surface area (TPSA) is 77.8 Å². The molecule has 0 aliphatic carbocycles.